The molecule has 1 aliphatic heterocycles. The molecular formula is C18H22N6. The number of anilines is 2. The minimum Gasteiger partial charge on any atom is -0.368 e. The molecule has 0 aliphatic carbocycles. The Kier molecular flexibility index (Phi) is 4.90. The Labute approximate surface area is 142 Å². The fourth-order valence-corrected chi connectivity index (χ4v) is 3.23. The van der Waals surface area contributed by atoms with Crippen molar-refractivity contribution in [1.82, 2.24) is 15.2 Å². The van der Waals surface area contributed by atoms with Crippen molar-refractivity contribution in [2.24, 2.45) is 0 Å². The largest absolute Gasteiger partial charge is 0.368 e. The fourth-order valence-electron chi connectivity index (χ4n) is 3.23. The van der Waals surface area contributed by atoms with Gasteiger partial charge in [0.25, 0.3) is 0 Å². The minimum absolute atomic E-state index is 0.696. The van der Waals surface area contributed by atoms with Crippen molar-refractivity contribution in [3.05, 3.63) is 41.3 Å². The van der Waals surface area contributed by atoms with Crippen molar-refractivity contribution < 1.29 is 0 Å². The molecule has 0 radical (unpaired) electrons. The summed E-state index contributed by atoms with van der Waals surface area (Å²) in [5.41, 5.74) is 3.86. The first-order valence-corrected chi connectivity index (χ1v) is 8.46. The highest BCUT2D eigenvalue weighted by Gasteiger charge is 2.23. The fraction of sp³-hybridized carbons (Fsp3) is 0.444. The number of aryl methyl sites for hydroxylation is 1. The average Bonchev–Trinajstić information content (AvgIpc) is 2.67. The minimum atomic E-state index is 0.696. The number of hydrogen-bond donors (Lipinski definition) is 0. The molecule has 1 aliphatic rings. The Balaban J connectivity index is 1.81. The smallest absolute Gasteiger partial charge is 0.169 e. The van der Waals surface area contributed by atoms with Gasteiger partial charge >= 0.3 is 0 Å². The van der Waals surface area contributed by atoms with Crippen LogP contribution < -0.4 is 9.80 Å². The molecule has 1 fully saturated rings. The van der Waals surface area contributed by atoms with Crippen molar-refractivity contribution >= 4 is 11.5 Å². The third kappa shape index (κ3) is 3.02. The highest BCUT2D eigenvalue weighted by Crippen LogP contribution is 2.25. The van der Waals surface area contributed by atoms with Crippen LogP contribution in [0.15, 0.2) is 24.5 Å². The lowest BCUT2D eigenvalue weighted by Gasteiger charge is -2.37. The molecule has 0 atom stereocenters. The first-order valence-electron chi connectivity index (χ1n) is 8.46. The molecule has 6 nitrogen and oxygen atoms in total. The maximum absolute atomic E-state index is 9.65. The molecule has 2 aromatic heterocycles. The van der Waals surface area contributed by atoms with E-state index in [0.29, 0.717) is 5.56 Å². The van der Waals surface area contributed by atoms with E-state index in [0.717, 1.165) is 56.1 Å². The van der Waals surface area contributed by atoms with E-state index >= 15 is 0 Å². The van der Waals surface area contributed by atoms with Gasteiger partial charge in [-0.2, -0.15) is 10.4 Å². The van der Waals surface area contributed by atoms with Gasteiger partial charge in [-0.05, 0) is 30.5 Å². The number of aromatic nitrogens is 3. The van der Waals surface area contributed by atoms with E-state index in [2.05, 4.69) is 44.9 Å². The lowest BCUT2D eigenvalue weighted by atomic mass is 10.0. The molecular weight excluding hydrogens is 300 g/mol. The Morgan fingerprint density at radius 3 is 2.25 bits per heavy atom. The van der Waals surface area contributed by atoms with E-state index in [9.17, 15) is 5.26 Å². The number of nitrogens with zero attached hydrogens (tertiary/aromatic N) is 6. The van der Waals surface area contributed by atoms with Gasteiger partial charge in [-0.25, -0.2) is 0 Å². The van der Waals surface area contributed by atoms with E-state index in [1.54, 1.807) is 0 Å². The SMILES string of the molecule is CCc1nnc(N2CCN(c3ccncc3)CC2)c(C#N)c1CC. The summed E-state index contributed by atoms with van der Waals surface area (Å²) in [5.74, 6) is 0.737. The van der Waals surface area contributed by atoms with Crippen LogP contribution in [0.4, 0.5) is 11.5 Å². The molecule has 3 rings (SSSR count). The van der Waals surface area contributed by atoms with Crippen molar-refractivity contribution in [3.63, 3.8) is 0 Å². The van der Waals surface area contributed by atoms with Gasteiger partial charge in [-0.1, -0.05) is 13.8 Å². The lowest BCUT2D eigenvalue weighted by Crippen LogP contribution is -2.47. The van der Waals surface area contributed by atoms with Gasteiger partial charge in [0, 0.05) is 44.3 Å². The molecule has 0 bridgehead atoms. The van der Waals surface area contributed by atoms with Crippen molar-refractivity contribution in [1.29, 1.82) is 5.26 Å². The molecule has 0 N–H and O–H groups in total. The molecule has 0 aromatic carbocycles. The van der Waals surface area contributed by atoms with Gasteiger partial charge in [0.05, 0.1) is 5.69 Å². The first-order chi connectivity index (χ1) is 11.8. The Bertz CT molecular complexity index is 729. The van der Waals surface area contributed by atoms with Crippen LogP contribution in [0.25, 0.3) is 0 Å². The van der Waals surface area contributed by atoms with E-state index in [-0.39, 0.29) is 0 Å². The quantitative estimate of drug-likeness (QED) is 0.859. The predicted octanol–water partition coefficient (Wildman–Crippen LogP) is 2.19. The number of hydrogen-bond acceptors (Lipinski definition) is 6. The Morgan fingerprint density at radius 1 is 1.00 bits per heavy atom. The molecule has 3 heterocycles. The normalized spacial score (nSPS) is 14.5. The van der Waals surface area contributed by atoms with Crippen LogP contribution in [0, 0.1) is 11.3 Å². The summed E-state index contributed by atoms with van der Waals surface area (Å²) in [6.45, 7) is 7.58. The molecule has 1 saturated heterocycles. The highest BCUT2D eigenvalue weighted by atomic mass is 15.3. The molecule has 124 valence electrons. The van der Waals surface area contributed by atoms with Crippen molar-refractivity contribution in [2.45, 2.75) is 26.7 Å². The summed E-state index contributed by atoms with van der Waals surface area (Å²) in [6.07, 6.45) is 5.25. The van der Waals surface area contributed by atoms with Crippen LogP contribution in [0.3, 0.4) is 0 Å². The van der Waals surface area contributed by atoms with Crippen LogP contribution in [0.5, 0.6) is 0 Å². The molecule has 0 saturated carbocycles. The standard InChI is InChI=1S/C18H22N6/c1-3-15-16(13-19)18(22-21-17(15)4-2)24-11-9-23(10-12-24)14-5-7-20-8-6-14/h5-8H,3-4,9-12H2,1-2H3. The maximum atomic E-state index is 9.65. The summed E-state index contributed by atoms with van der Waals surface area (Å²) >= 11 is 0. The summed E-state index contributed by atoms with van der Waals surface area (Å²) in [7, 11) is 0. The second-order valence-electron chi connectivity index (χ2n) is 5.82. The monoisotopic (exact) mass is 322 g/mol. The number of nitriles is 1. The van der Waals surface area contributed by atoms with Gasteiger partial charge in [0.1, 0.15) is 11.6 Å². The van der Waals surface area contributed by atoms with Gasteiger partial charge in [0.2, 0.25) is 0 Å². The van der Waals surface area contributed by atoms with Gasteiger partial charge < -0.3 is 9.80 Å². The van der Waals surface area contributed by atoms with Gasteiger partial charge in [0.15, 0.2) is 5.82 Å². The lowest BCUT2D eigenvalue weighted by molar-refractivity contribution is 0.640. The molecule has 0 unspecified atom stereocenters. The average molecular weight is 322 g/mol. The summed E-state index contributed by atoms with van der Waals surface area (Å²) in [5, 5.41) is 18.4. The van der Waals surface area contributed by atoms with E-state index < -0.39 is 0 Å². The van der Waals surface area contributed by atoms with Gasteiger partial charge in [-0.3, -0.25) is 4.98 Å². The zero-order valence-electron chi connectivity index (χ0n) is 14.2. The number of rotatable bonds is 4. The van der Waals surface area contributed by atoms with Crippen LogP contribution in [0.2, 0.25) is 0 Å². The summed E-state index contributed by atoms with van der Waals surface area (Å²) in [6, 6.07) is 6.42. The van der Waals surface area contributed by atoms with Crippen molar-refractivity contribution in [2.75, 3.05) is 36.0 Å². The third-order valence-electron chi connectivity index (χ3n) is 4.55. The van der Waals surface area contributed by atoms with Crippen LogP contribution in [0.1, 0.15) is 30.7 Å². The maximum Gasteiger partial charge on any atom is 0.169 e. The van der Waals surface area contributed by atoms with Crippen LogP contribution >= 0.6 is 0 Å². The third-order valence-corrected chi connectivity index (χ3v) is 4.55. The number of piperazine rings is 1. The molecule has 0 amide bonds. The van der Waals surface area contributed by atoms with E-state index in [4.69, 9.17) is 0 Å². The second-order valence-corrected chi connectivity index (χ2v) is 5.82. The molecule has 6 heteroatoms. The zero-order chi connectivity index (χ0) is 16.9. The van der Waals surface area contributed by atoms with Crippen LogP contribution in [-0.4, -0.2) is 41.4 Å². The molecule has 24 heavy (non-hydrogen) atoms. The second kappa shape index (κ2) is 7.26. The first kappa shape index (κ1) is 16.2. The topological polar surface area (TPSA) is 68.9 Å². The van der Waals surface area contributed by atoms with E-state index in [1.807, 2.05) is 24.5 Å². The zero-order valence-corrected chi connectivity index (χ0v) is 14.2. The van der Waals surface area contributed by atoms with E-state index in [1.165, 1.54) is 5.69 Å². The van der Waals surface area contributed by atoms with Gasteiger partial charge in [-0.15, -0.1) is 5.10 Å². The predicted molar refractivity (Wildman–Crippen MR) is 94.2 cm³/mol. The number of pyridine rings is 1. The summed E-state index contributed by atoms with van der Waals surface area (Å²) in [4.78, 5) is 8.58. The summed E-state index contributed by atoms with van der Waals surface area (Å²) < 4.78 is 0. The van der Waals surface area contributed by atoms with Crippen LogP contribution in [-0.2, 0) is 12.8 Å². The Morgan fingerprint density at radius 2 is 1.67 bits per heavy atom. The molecule has 2 aromatic rings. The molecule has 0 spiro atoms. The Hall–Kier alpha value is -2.68. The van der Waals surface area contributed by atoms with Crippen molar-refractivity contribution in [3.8, 4) is 6.07 Å². The highest BCUT2D eigenvalue weighted by molar-refractivity contribution is 5.59.